The number of hydrogen-bond donors (Lipinski definition) is 1. The summed E-state index contributed by atoms with van der Waals surface area (Å²) < 4.78 is 4.75. The molecule has 0 heterocycles. The molecule has 18 heavy (non-hydrogen) atoms. The van der Waals surface area contributed by atoms with Crippen LogP contribution in [0.3, 0.4) is 0 Å². The van der Waals surface area contributed by atoms with E-state index in [1.807, 2.05) is 20.8 Å². The van der Waals surface area contributed by atoms with Crippen LogP contribution in [-0.4, -0.2) is 17.5 Å². The molecule has 0 aliphatic heterocycles. The largest absolute Gasteiger partial charge is 0.478 e. The molecule has 0 aliphatic carbocycles. The van der Waals surface area contributed by atoms with Crippen molar-refractivity contribution in [2.45, 2.75) is 27.7 Å². The van der Waals surface area contributed by atoms with Crippen LogP contribution in [0.5, 0.6) is 5.75 Å². The molecule has 0 saturated heterocycles. The van der Waals surface area contributed by atoms with Gasteiger partial charge >= 0.3 is 5.97 Å². The Labute approximate surface area is 107 Å². The Morgan fingerprint density at radius 3 is 2.44 bits per heavy atom. The molecule has 0 bridgehead atoms. The number of carboxylic acids is 1. The van der Waals surface area contributed by atoms with Gasteiger partial charge in [-0.15, -0.1) is 0 Å². The second-order valence-electron chi connectivity index (χ2n) is 3.39. The van der Waals surface area contributed by atoms with E-state index in [9.17, 15) is 9.59 Å². The van der Waals surface area contributed by atoms with E-state index in [1.165, 1.54) is 13.0 Å². The van der Waals surface area contributed by atoms with Gasteiger partial charge in [0.2, 0.25) is 0 Å². The normalized spacial score (nSPS) is 10.1. The van der Waals surface area contributed by atoms with Crippen molar-refractivity contribution in [1.82, 2.24) is 0 Å². The van der Waals surface area contributed by atoms with Crippen molar-refractivity contribution in [3.8, 4) is 5.75 Å². The highest BCUT2D eigenvalue weighted by molar-refractivity contribution is 5.92. The quantitative estimate of drug-likeness (QED) is 0.659. The molecule has 0 aromatic heterocycles. The second kappa shape index (κ2) is 8.06. The highest BCUT2D eigenvalue weighted by Crippen LogP contribution is 2.22. The van der Waals surface area contributed by atoms with Gasteiger partial charge < -0.3 is 9.84 Å². The summed E-state index contributed by atoms with van der Waals surface area (Å²) in [6.45, 7) is 7.67. The molecule has 0 unspecified atom stereocenters. The lowest BCUT2D eigenvalue weighted by Gasteiger charge is -2.05. The molecule has 0 saturated carbocycles. The van der Waals surface area contributed by atoms with E-state index in [1.54, 1.807) is 18.2 Å². The number of aliphatic carboxylic acids is 1. The molecule has 1 rings (SSSR count). The fraction of sp³-hybridized carbons (Fsp3) is 0.286. The Morgan fingerprint density at radius 1 is 1.33 bits per heavy atom. The van der Waals surface area contributed by atoms with Crippen LogP contribution >= 0.6 is 0 Å². The number of carbonyl (C=O) groups excluding carboxylic acids is 1. The predicted octanol–water partition coefficient (Wildman–Crippen LogP) is 3.04. The molecule has 4 nitrogen and oxygen atoms in total. The van der Waals surface area contributed by atoms with Gasteiger partial charge in [-0.1, -0.05) is 25.5 Å². The number of aryl methyl sites for hydroxylation is 1. The first-order valence-electron chi connectivity index (χ1n) is 5.67. The van der Waals surface area contributed by atoms with Gasteiger partial charge in [0, 0.05) is 11.1 Å². The van der Waals surface area contributed by atoms with Gasteiger partial charge in [-0.25, -0.2) is 4.79 Å². The lowest BCUT2D eigenvalue weighted by Crippen LogP contribution is -1.97. The highest BCUT2D eigenvalue weighted by atomic mass is 16.5. The van der Waals surface area contributed by atoms with Gasteiger partial charge in [0.1, 0.15) is 5.75 Å². The number of rotatable bonds is 4. The van der Waals surface area contributed by atoms with Crippen molar-refractivity contribution in [2.75, 3.05) is 0 Å². The molecule has 0 fully saturated rings. The van der Waals surface area contributed by atoms with E-state index in [-0.39, 0.29) is 5.57 Å². The van der Waals surface area contributed by atoms with Crippen molar-refractivity contribution in [3.63, 3.8) is 0 Å². The highest BCUT2D eigenvalue weighted by Gasteiger charge is 2.05. The van der Waals surface area contributed by atoms with E-state index in [4.69, 9.17) is 9.84 Å². The molecule has 0 amide bonds. The first-order chi connectivity index (χ1) is 8.54. The van der Waals surface area contributed by atoms with E-state index >= 15 is 0 Å². The summed E-state index contributed by atoms with van der Waals surface area (Å²) in [4.78, 5) is 21.0. The molecule has 1 aromatic rings. The number of hydrogen-bond acceptors (Lipinski definition) is 3. The third-order valence-electron chi connectivity index (χ3n) is 2.05. The lowest BCUT2D eigenvalue weighted by molar-refractivity contribution is -0.132. The number of carbonyl (C=O) groups is 2. The van der Waals surface area contributed by atoms with Gasteiger partial charge in [0.05, 0.1) is 0 Å². The average Bonchev–Trinajstić information content (AvgIpc) is 2.35. The fourth-order valence-corrected chi connectivity index (χ4v) is 1.23. The number of benzene rings is 1. The first kappa shape index (κ1) is 15.9. The van der Waals surface area contributed by atoms with Gasteiger partial charge in [-0.05, 0) is 32.1 Å². The zero-order chi connectivity index (χ0) is 14.1. The Kier molecular flexibility index (Phi) is 7.12. The van der Waals surface area contributed by atoms with Gasteiger partial charge in [-0.2, -0.15) is 0 Å². The average molecular weight is 250 g/mol. The van der Waals surface area contributed by atoms with Crippen LogP contribution in [-0.2, 0) is 9.59 Å². The lowest BCUT2D eigenvalue weighted by atomic mass is 10.1. The van der Waals surface area contributed by atoms with E-state index in [0.29, 0.717) is 17.8 Å². The van der Waals surface area contributed by atoms with Crippen molar-refractivity contribution < 1.29 is 19.4 Å². The Morgan fingerprint density at radius 2 is 1.94 bits per heavy atom. The summed E-state index contributed by atoms with van der Waals surface area (Å²) in [6.07, 6.45) is 1.47. The van der Waals surface area contributed by atoms with Crippen molar-refractivity contribution in [2.24, 2.45) is 0 Å². The van der Waals surface area contributed by atoms with E-state index < -0.39 is 5.97 Å². The molecule has 0 radical (unpaired) electrons. The number of ether oxygens (including phenoxy) is 1. The summed E-state index contributed by atoms with van der Waals surface area (Å²) in [5.41, 5.74) is 1.72. The molecule has 0 aliphatic rings. The summed E-state index contributed by atoms with van der Waals surface area (Å²) in [5.74, 6) is -0.653. The van der Waals surface area contributed by atoms with Crippen LogP contribution in [0.4, 0.5) is 0 Å². The van der Waals surface area contributed by atoms with Crippen LogP contribution in [0.1, 0.15) is 31.9 Å². The van der Waals surface area contributed by atoms with Crippen LogP contribution in [0.2, 0.25) is 0 Å². The van der Waals surface area contributed by atoms with Crippen molar-refractivity contribution in [1.29, 1.82) is 0 Å². The molecule has 1 aromatic carbocycles. The third kappa shape index (κ3) is 4.82. The van der Waals surface area contributed by atoms with Crippen molar-refractivity contribution in [3.05, 3.63) is 34.9 Å². The van der Waals surface area contributed by atoms with Crippen LogP contribution < -0.4 is 4.74 Å². The summed E-state index contributed by atoms with van der Waals surface area (Å²) in [5, 5.41) is 8.75. The minimum absolute atomic E-state index is 0.182. The van der Waals surface area contributed by atoms with Crippen LogP contribution in [0, 0.1) is 6.92 Å². The standard InChI is InChI=1S/C12H12O4.C2H6/c1-8-3-4-11(16-7-13)10(5-8)6-9(2)12(14)15;1-2/h3-7H,1-2H3,(H,14,15);1-2H3/b9-6+;. The maximum absolute atomic E-state index is 10.7. The van der Waals surface area contributed by atoms with E-state index in [0.717, 1.165) is 5.56 Å². The molecule has 4 heteroatoms. The molecular weight excluding hydrogens is 232 g/mol. The minimum Gasteiger partial charge on any atom is -0.478 e. The summed E-state index contributed by atoms with van der Waals surface area (Å²) >= 11 is 0. The Bertz CT molecular complexity index is 447. The molecule has 1 N–H and O–H groups in total. The third-order valence-corrected chi connectivity index (χ3v) is 2.05. The second-order valence-corrected chi connectivity index (χ2v) is 3.39. The molecule has 98 valence electrons. The minimum atomic E-state index is -1.00. The SMILES string of the molecule is C/C(=C\c1cc(C)ccc1OC=O)C(=O)O.CC. The molecular formula is C14H18O4. The summed E-state index contributed by atoms with van der Waals surface area (Å²) in [7, 11) is 0. The smallest absolute Gasteiger partial charge is 0.331 e. The van der Waals surface area contributed by atoms with Crippen LogP contribution in [0.25, 0.3) is 6.08 Å². The zero-order valence-corrected chi connectivity index (χ0v) is 11.1. The monoisotopic (exact) mass is 250 g/mol. The molecule has 0 atom stereocenters. The topological polar surface area (TPSA) is 63.6 Å². The Hall–Kier alpha value is -2.10. The van der Waals surface area contributed by atoms with Crippen molar-refractivity contribution >= 4 is 18.5 Å². The zero-order valence-electron chi connectivity index (χ0n) is 11.1. The Balaban J connectivity index is 0.00000137. The van der Waals surface area contributed by atoms with Gasteiger partial charge in [0.25, 0.3) is 6.47 Å². The van der Waals surface area contributed by atoms with E-state index in [2.05, 4.69) is 0 Å². The maximum atomic E-state index is 10.7. The fourth-order valence-electron chi connectivity index (χ4n) is 1.23. The number of carboxylic acid groups (broad SMARTS) is 1. The maximum Gasteiger partial charge on any atom is 0.331 e. The van der Waals surface area contributed by atoms with Crippen LogP contribution in [0.15, 0.2) is 23.8 Å². The molecule has 0 spiro atoms. The van der Waals surface area contributed by atoms with Gasteiger partial charge in [-0.3, -0.25) is 4.79 Å². The predicted molar refractivity (Wildman–Crippen MR) is 70.5 cm³/mol. The van der Waals surface area contributed by atoms with Gasteiger partial charge in [0.15, 0.2) is 0 Å². The summed E-state index contributed by atoms with van der Waals surface area (Å²) in [6, 6.07) is 5.17. The first-order valence-corrected chi connectivity index (χ1v) is 5.67.